The summed E-state index contributed by atoms with van der Waals surface area (Å²) in [5, 5.41) is 5.16. The molecule has 0 bridgehead atoms. The summed E-state index contributed by atoms with van der Waals surface area (Å²) in [5.74, 6) is 0.501. The highest BCUT2D eigenvalue weighted by atomic mass is 35.5. The topological polar surface area (TPSA) is 17.8 Å². The van der Waals surface area contributed by atoms with Crippen LogP contribution < -0.4 is 0 Å². The predicted octanol–water partition coefficient (Wildman–Crippen LogP) is 3.96. The molecular weight excluding hydrogens is 220 g/mol. The van der Waals surface area contributed by atoms with Gasteiger partial charge < -0.3 is 0 Å². The molecule has 1 aromatic heterocycles. The van der Waals surface area contributed by atoms with Crippen LogP contribution in [-0.2, 0) is 0 Å². The monoisotopic (exact) mass is 234 g/mol. The fourth-order valence-electron chi connectivity index (χ4n) is 1.83. The molecular formula is C13H15ClN2. The highest BCUT2D eigenvalue weighted by Gasteiger charge is 2.10. The molecule has 2 nitrogen and oxygen atoms in total. The summed E-state index contributed by atoms with van der Waals surface area (Å²) >= 11 is 5.86. The van der Waals surface area contributed by atoms with Gasteiger partial charge in [-0.15, -0.1) is 0 Å². The van der Waals surface area contributed by atoms with E-state index in [9.17, 15) is 0 Å². The smallest absolute Gasteiger partial charge is 0.0649 e. The van der Waals surface area contributed by atoms with Gasteiger partial charge >= 0.3 is 0 Å². The number of aromatic nitrogens is 2. The molecule has 0 aliphatic carbocycles. The minimum Gasteiger partial charge on any atom is -0.238 e. The summed E-state index contributed by atoms with van der Waals surface area (Å²) in [6, 6.07) is 7.72. The standard InChI is InChI=1S/C13H15ClN2/c1-9(2)13-8-15-16(10(13)3)12-6-4-11(14)5-7-12/h4-9H,1-3H3. The van der Waals surface area contributed by atoms with E-state index >= 15 is 0 Å². The number of hydrogen-bond acceptors (Lipinski definition) is 1. The molecule has 0 aliphatic rings. The molecule has 0 spiro atoms. The highest BCUT2D eigenvalue weighted by molar-refractivity contribution is 6.30. The van der Waals surface area contributed by atoms with Gasteiger partial charge in [0.2, 0.25) is 0 Å². The minimum absolute atomic E-state index is 0.501. The lowest BCUT2D eigenvalue weighted by molar-refractivity contribution is 0.823. The zero-order valence-electron chi connectivity index (χ0n) is 9.74. The van der Waals surface area contributed by atoms with Gasteiger partial charge in [-0.1, -0.05) is 25.4 Å². The van der Waals surface area contributed by atoms with E-state index in [1.807, 2.05) is 35.1 Å². The zero-order chi connectivity index (χ0) is 11.7. The van der Waals surface area contributed by atoms with Crippen molar-refractivity contribution in [2.45, 2.75) is 26.7 Å². The van der Waals surface area contributed by atoms with Crippen LogP contribution in [0.3, 0.4) is 0 Å². The molecule has 0 N–H and O–H groups in total. The van der Waals surface area contributed by atoms with Crippen LogP contribution in [-0.4, -0.2) is 9.78 Å². The Morgan fingerprint density at radius 2 is 1.81 bits per heavy atom. The molecule has 2 rings (SSSR count). The number of halogens is 1. The molecule has 0 aliphatic heterocycles. The summed E-state index contributed by atoms with van der Waals surface area (Å²) in [5.41, 5.74) is 3.53. The third-order valence-electron chi connectivity index (χ3n) is 2.74. The fourth-order valence-corrected chi connectivity index (χ4v) is 1.96. The van der Waals surface area contributed by atoms with Crippen molar-refractivity contribution in [3.8, 4) is 5.69 Å². The molecule has 3 heteroatoms. The van der Waals surface area contributed by atoms with Gasteiger partial charge in [-0.3, -0.25) is 0 Å². The van der Waals surface area contributed by atoms with Crippen LogP contribution in [0.25, 0.3) is 5.69 Å². The molecule has 1 heterocycles. The van der Waals surface area contributed by atoms with E-state index in [1.54, 1.807) is 0 Å². The largest absolute Gasteiger partial charge is 0.238 e. The van der Waals surface area contributed by atoms with Crippen molar-refractivity contribution in [2.75, 3.05) is 0 Å². The number of nitrogens with zero attached hydrogens (tertiary/aromatic N) is 2. The van der Waals surface area contributed by atoms with E-state index in [1.165, 1.54) is 11.3 Å². The Balaban J connectivity index is 2.45. The second-order valence-electron chi connectivity index (χ2n) is 4.23. The third-order valence-corrected chi connectivity index (χ3v) is 2.99. The molecule has 84 valence electrons. The SMILES string of the molecule is Cc1c(C(C)C)cnn1-c1ccc(Cl)cc1. The van der Waals surface area contributed by atoms with Crippen LogP contribution in [0.4, 0.5) is 0 Å². The van der Waals surface area contributed by atoms with E-state index < -0.39 is 0 Å². The summed E-state index contributed by atoms with van der Waals surface area (Å²) < 4.78 is 1.95. The van der Waals surface area contributed by atoms with Crippen molar-refractivity contribution in [3.05, 3.63) is 46.7 Å². The van der Waals surface area contributed by atoms with E-state index in [0.717, 1.165) is 10.7 Å². The number of hydrogen-bond donors (Lipinski definition) is 0. The highest BCUT2D eigenvalue weighted by Crippen LogP contribution is 2.21. The maximum atomic E-state index is 5.86. The fraction of sp³-hybridized carbons (Fsp3) is 0.308. The first kappa shape index (κ1) is 11.2. The van der Waals surface area contributed by atoms with Crippen LogP contribution in [0.5, 0.6) is 0 Å². The third kappa shape index (κ3) is 1.98. The van der Waals surface area contributed by atoms with Gasteiger partial charge in [-0.25, -0.2) is 4.68 Å². The van der Waals surface area contributed by atoms with Crippen LogP contribution in [0.2, 0.25) is 5.02 Å². The van der Waals surface area contributed by atoms with Crippen molar-refractivity contribution in [1.29, 1.82) is 0 Å². The number of benzene rings is 1. The lowest BCUT2D eigenvalue weighted by atomic mass is 10.1. The molecule has 1 aromatic carbocycles. The van der Waals surface area contributed by atoms with Crippen LogP contribution in [0, 0.1) is 6.92 Å². The second kappa shape index (κ2) is 4.30. The summed E-state index contributed by atoms with van der Waals surface area (Å²) in [6.07, 6.45) is 1.94. The van der Waals surface area contributed by atoms with Crippen molar-refractivity contribution in [2.24, 2.45) is 0 Å². The molecule has 16 heavy (non-hydrogen) atoms. The van der Waals surface area contributed by atoms with Gasteiger partial charge in [0.1, 0.15) is 0 Å². The van der Waals surface area contributed by atoms with Crippen molar-refractivity contribution in [1.82, 2.24) is 9.78 Å². The molecule has 0 saturated carbocycles. The van der Waals surface area contributed by atoms with Crippen LogP contribution in [0.15, 0.2) is 30.5 Å². The Hall–Kier alpha value is -1.28. The maximum absolute atomic E-state index is 5.86. The molecule has 0 amide bonds. The van der Waals surface area contributed by atoms with Crippen molar-refractivity contribution in [3.63, 3.8) is 0 Å². The lowest BCUT2D eigenvalue weighted by Crippen LogP contribution is -1.99. The lowest BCUT2D eigenvalue weighted by Gasteiger charge is -2.07. The van der Waals surface area contributed by atoms with Gasteiger partial charge in [0.25, 0.3) is 0 Å². The second-order valence-corrected chi connectivity index (χ2v) is 4.66. The first-order valence-electron chi connectivity index (χ1n) is 5.40. The number of rotatable bonds is 2. The molecule has 0 fully saturated rings. The van der Waals surface area contributed by atoms with Crippen LogP contribution >= 0.6 is 11.6 Å². The first-order valence-corrected chi connectivity index (χ1v) is 5.78. The van der Waals surface area contributed by atoms with Crippen LogP contribution in [0.1, 0.15) is 31.0 Å². The summed E-state index contributed by atoms with van der Waals surface area (Å²) in [7, 11) is 0. The Morgan fingerprint density at radius 1 is 1.19 bits per heavy atom. The Morgan fingerprint density at radius 3 is 2.31 bits per heavy atom. The quantitative estimate of drug-likeness (QED) is 0.769. The average Bonchev–Trinajstić information content (AvgIpc) is 2.61. The molecule has 0 radical (unpaired) electrons. The molecule has 0 unspecified atom stereocenters. The Bertz CT molecular complexity index is 483. The van der Waals surface area contributed by atoms with E-state index in [2.05, 4.69) is 25.9 Å². The Labute approximate surface area is 101 Å². The van der Waals surface area contributed by atoms with E-state index in [0.29, 0.717) is 5.92 Å². The van der Waals surface area contributed by atoms with E-state index in [4.69, 9.17) is 11.6 Å². The van der Waals surface area contributed by atoms with Gasteiger partial charge in [0, 0.05) is 10.7 Å². The first-order chi connectivity index (χ1) is 7.59. The van der Waals surface area contributed by atoms with Gasteiger partial charge in [0.05, 0.1) is 11.9 Å². The summed E-state index contributed by atoms with van der Waals surface area (Å²) in [6.45, 7) is 6.45. The predicted molar refractivity (Wildman–Crippen MR) is 67.4 cm³/mol. The zero-order valence-corrected chi connectivity index (χ0v) is 10.5. The van der Waals surface area contributed by atoms with E-state index in [-0.39, 0.29) is 0 Å². The molecule has 0 saturated heterocycles. The minimum atomic E-state index is 0.501. The van der Waals surface area contributed by atoms with Gasteiger partial charge in [-0.2, -0.15) is 5.10 Å². The van der Waals surface area contributed by atoms with Gasteiger partial charge in [-0.05, 0) is 42.7 Å². The molecule has 0 atom stereocenters. The average molecular weight is 235 g/mol. The maximum Gasteiger partial charge on any atom is 0.0649 e. The molecule has 2 aromatic rings. The normalized spacial score (nSPS) is 11.1. The summed E-state index contributed by atoms with van der Waals surface area (Å²) in [4.78, 5) is 0. The Kier molecular flexibility index (Phi) is 3.01. The van der Waals surface area contributed by atoms with Gasteiger partial charge in [0.15, 0.2) is 0 Å². The van der Waals surface area contributed by atoms with Crippen molar-refractivity contribution >= 4 is 11.6 Å². The van der Waals surface area contributed by atoms with Crippen molar-refractivity contribution < 1.29 is 0 Å².